The van der Waals surface area contributed by atoms with Gasteiger partial charge in [0.25, 0.3) is 5.91 Å². The number of carbonyl (C=O) groups is 1. The lowest BCUT2D eigenvalue weighted by Crippen LogP contribution is -2.12. The molecule has 0 saturated heterocycles. The van der Waals surface area contributed by atoms with E-state index in [-0.39, 0.29) is 5.91 Å². The van der Waals surface area contributed by atoms with E-state index in [4.69, 9.17) is 11.6 Å². The molecule has 0 saturated carbocycles. The number of amides is 1. The first-order valence-corrected chi connectivity index (χ1v) is 9.65. The van der Waals surface area contributed by atoms with Gasteiger partial charge in [-0.2, -0.15) is 0 Å². The van der Waals surface area contributed by atoms with Crippen LogP contribution in [-0.2, 0) is 0 Å². The Bertz CT molecular complexity index is 633. The van der Waals surface area contributed by atoms with Crippen molar-refractivity contribution in [2.45, 2.75) is 22.6 Å². The quantitative estimate of drug-likeness (QED) is 0.600. The van der Waals surface area contributed by atoms with Crippen LogP contribution in [0.25, 0.3) is 0 Å². The fourth-order valence-electron chi connectivity index (χ4n) is 1.48. The maximum absolute atomic E-state index is 12.3. The van der Waals surface area contributed by atoms with Gasteiger partial charge in [-0.15, -0.1) is 22.0 Å². The van der Waals surface area contributed by atoms with Gasteiger partial charge in [0.15, 0.2) is 4.34 Å². The molecular formula is C13H14ClN3OS3. The summed E-state index contributed by atoms with van der Waals surface area (Å²) in [4.78, 5) is 13.2. The van der Waals surface area contributed by atoms with E-state index in [1.54, 1.807) is 35.7 Å². The number of halogens is 1. The highest BCUT2D eigenvalue weighted by Gasteiger charge is 2.14. The lowest BCUT2D eigenvalue weighted by atomic mass is 10.2. The minimum atomic E-state index is -0.265. The van der Waals surface area contributed by atoms with E-state index >= 15 is 0 Å². The van der Waals surface area contributed by atoms with Crippen molar-refractivity contribution in [2.24, 2.45) is 0 Å². The molecule has 0 bridgehead atoms. The number of rotatable bonds is 6. The molecule has 1 aromatic heterocycles. The Morgan fingerprint density at radius 2 is 2.24 bits per heavy atom. The Balaban J connectivity index is 2.09. The summed E-state index contributed by atoms with van der Waals surface area (Å²) in [5.41, 5.74) is 0.446. The topological polar surface area (TPSA) is 54.9 Å². The Morgan fingerprint density at radius 3 is 2.95 bits per heavy atom. The molecule has 8 heteroatoms. The average Bonchev–Trinajstić information content (AvgIpc) is 2.93. The second-order valence-corrected chi connectivity index (χ2v) is 7.63. The van der Waals surface area contributed by atoms with Crippen molar-refractivity contribution in [2.75, 3.05) is 17.3 Å². The third-order valence-electron chi connectivity index (χ3n) is 2.47. The zero-order valence-electron chi connectivity index (χ0n) is 11.6. The molecule has 2 aromatic rings. The molecule has 1 N–H and O–H groups in total. The fourth-order valence-corrected chi connectivity index (χ4v) is 3.79. The van der Waals surface area contributed by atoms with E-state index in [2.05, 4.69) is 22.4 Å². The van der Waals surface area contributed by atoms with Crippen LogP contribution in [0.5, 0.6) is 0 Å². The molecule has 0 unspecified atom stereocenters. The number of aromatic nitrogens is 2. The molecule has 1 heterocycles. The van der Waals surface area contributed by atoms with Crippen molar-refractivity contribution >= 4 is 57.5 Å². The molecular weight excluding hydrogens is 346 g/mol. The van der Waals surface area contributed by atoms with Gasteiger partial charge in [-0.25, -0.2) is 0 Å². The molecule has 0 spiro atoms. The van der Waals surface area contributed by atoms with Crippen LogP contribution in [0, 0.1) is 0 Å². The third-order valence-corrected chi connectivity index (χ3v) is 5.71. The molecule has 112 valence electrons. The van der Waals surface area contributed by atoms with Gasteiger partial charge in [0, 0.05) is 10.6 Å². The summed E-state index contributed by atoms with van der Waals surface area (Å²) in [6.45, 7) is 2.11. The zero-order valence-corrected chi connectivity index (χ0v) is 14.8. The molecule has 0 atom stereocenters. The first kappa shape index (κ1) is 16.6. The SMILES string of the molecule is CCCSc1nnc(NC(=O)c2cc(SC)ccc2Cl)s1. The third kappa shape index (κ3) is 4.60. The van der Waals surface area contributed by atoms with Crippen LogP contribution >= 0.6 is 46.5 Å². The molecule has 2 rings (SSSR count). The van der Waals surface area contributed by atoms with Gasteiger partial charge in [-0.1, -0.05) is 41.6 Å². The molecule has 1 amide bonds. The number of hydrogen-bond acceptors (Lipinski definition) is 6. The van der Waals surface area contributed by atoms with Gasteiger partial charge in [0.2, 0.25) is 5.13 Å². The van der Waals surface area contributed by atoms with Crippen molar-refractivity contribution in [1.82, 2.24) is 10.2 Å². The molecule has 4 nitrogen and oxygen atoms in total. The number of thioether (sulfide) groups is 2. The van der Waals surface area contributed by atoms with Gasteiger partial charge in [-0.05, 0) is 30.9 Å². The number of benzene rings is 1. The average molecular weight is 360 g/mol. The van der Waals surface area contributed by atoms with Crippen molar-refractivity contribution in [3.8, 4) is 0 Å². The summed E-state index contributed by atoms with van der Waals surface area (Å²) in [7, 11) is 0. The molecule has 0 radical (unpaired) electrons. The second kappa shape index (κ2) is 8.03. The smallest absolute Gasteiger partial charge is 0.259 e. The highest BCUT2D eigenvalue weighted by atomic mass is 35.5. The van der Waals surface area contributed by atoms with Crippen LogP contribution < -0.4 is 5.32 Å². The molecule has 0 aliphatic carbocycles. The van der Waals surface area contributed by atoms with Gasteiger partial charge >= 0.3 is 0 Å². The van der Waals surface area contributed by atoms with E-state index in [0.717, 1.165) is 21.4 Å². The monoisotopic (exact) mass is 359 g/mol. The van der Waals surface area contributed by atoms with E-state index in [1.807, 2.05) is 12.3 Å². The number of anilines is 1. The predicted octanol–water partition coefficient (Wildman–Crippen LogP) is 4.67. The largest absolute Gasteiger partial charge is 0.296 e. The van der Waals surface area contributed by atoms with E-state index in [1.165, 1.54) is 11.3 Å². The van der Waals surface area contributed by atoms with Crippen LogP contribution in [0.2, 0.25) is 5.02 Å². The summed E-state index contributed by atoms with van der Waals surface area (Å²) >= 11 is 10.7. The van der Waals surface area contributed by atoms with Crippen LogP contribution in [0.1, 0.15) is 23.7 Å². The zero-order chi connectivity index (χ0) is 15.2. The number of nitrogens with zero attached hydrogens (tertiary/aromatic N) is 2. The molecule has 0 aliphatic heterocycles. The lowest BCUT2D eigenvalue weighted by Gasteiger charge is -2.05. The van der Waals surface area contributed by atoms with Crippen molar-refractivity contribution in [3.05, 3.63) is 28.8 Å². The van der Waals surface area contributed by atoms with E-state index in [0.29, 0.717) is 15.7 Å². The fraction of sp³-hybridized carbons (Fsp3) is 0.308. The Kier molecular flexibility index (Phi) is 6.35. The summed E-state index contributed by atoms with van der Waals surface area (Å²) in [5, 5.41) is 11.7. The minimum absolute atomic E-state index is 0.265. The standard InChI is InChI=1S/C13H14ClN3OS3/c1-3-6-20-13-17-16-12(21-13)15-11(18)9-7-8(19-2)4-5-10(9)14/h4-5,7H,3,6H2,1-2H3,(H,15,16,18). The highest BCUT2D eigenvalue weighted by Crippen LogP contribution is 2.27. The minimum Gasteiger partial charge on any atom is -0.296 e. The maximum Gasteiger partial charge on any atom is 0.259 e. The summed E-state index contributed by atoms with van der Waals surface area (Å²) < 4.78 is 0.858. The van der Waals surface area contributed by atoms with Crippen LogP contribution in [0.3, 0.4) is 0 Å². The van der Waals surface area contributed by atoms with Gasteiger partial charge in [0.1, 0.15) is 0 Å². The van der Waals surface area contributed by atoms with E-state index in [9.17, 15) is 4.79 Å². The van der Waals surface area contributed by atoms with Crippen molar-refractivity contribution in [3.63, 3.8) is 0 Å². The normalized spacial score (nSPS) is 10.6. The Hall–Kier alpha value is -0.760. The number of carbonyl (C=O) groups excluding carboxylic acids is 1. The van der Waals surface area contributed by atoms with Crippen LogP contribution in [-0.4, -0.2) is 28.1 Å². The van der Waals surface area contributed by atoms with Gasteiger partial charge < -0.3 is 0 Å². The Morgan fingerprint density at radius 1 is 1.43 bits per heavy atom. The number of nitrogens with one attached hydrogen (secondary N) is 1. The first-order valence-electron chi connectivity index (χ1n) is 6.25. The Labute approximate surface area is 141 Å². The summed E-state index contributed by atoms with van der Waals surface area (Å²) in [6, 6.07) is 5.38. The van der Waals surface area contributed by atoms with Crippen LogP contribution in [0.15, 0.2) is 27.4 Å². The lowest BCUT2D eigenvalue weighted by molar-refractivity contribution is 0.102. The molecule has 21 heavy (non-hydrogen) atoms. The first-order chi connectivity index (χ1) is 10.1. The van der Waals surface area contributed by atoms with Crippen molar-refractivity contribution in [1.29, 1.82) is 0 Å². The predicted molar refractivity (Wildman–Crippen MR) is 92.1 cm³/mol. The molecule has 1 aromatic carbocycles. The van der Waals surface area contributed by atoms with Gasteiger partial charge in [0.05, 0.1) is 10.6 Å². The van der Waals surface area contributed by atoms with Gasteiger partial charge in [-0.3, -0.25) is 10.1 Å². The highest BCUT2D eigenvalue weighted by molar-refractivity contribution is 8.01. The van der Waals surface area contributed by atoms with Crippen molar-refractivity contribution < 1.29 is 4.79 Å². The maximum atomic E-state index is 12.3. The van der Waals surface area contributed by atoms with Crippen LogP contribution in [0.4, 0.5) is 5.13 Å². The number of hydrogen-bond donors (Lipinski definition) is 1. The molecule has 0 aliphatic rings. The second-order valence-electron chi connectivity index (χ2n) is 4.02. The molecule has 0 fully saturated rings. The summed E-state index contributed by atoms with van der Waals surface area (Å²) in [6.07, 6.45) is 3.02. The van der Waals surface area contributed by atoms with E-state index < -0.39 is 0 Å². The summed E-state index contributed by atoms with van der Waals surface area (Å²) in [5.74, 6) is 0.726.